The third-order valence-corrected chi connectivity index (χ3v) is 4.57. The van der Waals surface area contributed by atoms with Crippen LogP contribution in [-0.2, 0) is 7.05 Å². The van der Waals surface area contributed by atoms with Gasteiger partial charge in [0.05, 0.1) is 0 Å². The van der Waals surface area contributed by atoms with Crippen molar-refractivity contribution in [3.05, 3.63) is 103 Å². The molecule has 0 spiro atoms. The van der Waals surface area contributed by atoms with Crippen molar-refractivity contribution in [2.24, 2.45) is 7.05 Å². The van der Waals surface area contributed by atoms with Crippen LogP contribution < -0.4 is 4.57 Å². The molecule has 0 amide bonds. The van der Waals surface area contributed by atoms with Crippen LogP contribution in [0.3, 0.4) is 0 Å². The molecule has 0 aliphatic carbocycles. The molecule has 0 atom stereocenters. The summed E-state index contributed by atoms with van der Waals surface area (Å²) in [7, 11) is 1.70. The van der Waals surface area contributed by atoms with Crippen molar-refractivity contribution in [1.29, 1.82) is 0 Å². The number of nitrogens with zero attached hydrogens (tertiary/aromatic N) is 1. The van der Waals surface area contributed by atoms with Crippen molar-refractivity contribution in [2.45, 2.75) is 27.7 Å². The van der Waals surface area contributed by atoms with Crippen molar-refractivity contribution in [3.63, 3.8) is 0 Å². The van der Waals surface area contributed by atoms with E-state index in [1.807, 2.05) is 70.2 Å². The molecule has 0 bridgehead atoms. The van der Waals surface area contributed by atoms with Gasteiger partial charge in [-0.3, -0.25) is 0 Å². The van der Waals surface area contributed by atoms with Gasteiger partial charge in [-0.05, 0) is 51.6 Å². The van der Waals surface area contributed by atoms with Crippen molar-refractivity contribution < 1.29 is 8.96 Å². The minimum Gasteiger partial charge on any atom is -0.176 e. The van der Waals surface area contributed by atoms with E-state index >= 15 is 0 Å². The molecule has 0 radical (unpaired) electrons. The first-order valence-electron chi connectivity index (χ1n) is 10.6. The van der Waals surface area contributed by atoms with Crippen LogP contribution >= 0.6 is 0 Å². The van der Waals surface area contributed by atoms with Gasteiger partial charge >= 0.3 is 5.95 Å². The molecule has 1 heterocycles. The van der Waals surface area contributed by atoms with Crippen LogP contribution in [0.5, 0.6) is 0 Å². The Morgan fingerprint density at radius 3 is 1.30 bits per heavy atom. The molecule has 0 aliphatic rings. The number of hydrogen-bond acceptors (Lipinski definition) is 0. The van der Waals surface area contributed by atoms with Gasteiger partial charge in [-0.25, -0.2) is 0 Å². The van der Waals surface area contributed by atoms with E-state index in [0.717, 1.165) is 33.4 Å². The molecule has 0 N–H and O–H groups in total. The van der Waals surface area contributed by atoms with Gasteiger partial charge in [0.1, 0.15) is 7.05 Å². The molecule has 0 aliphatic heterocycles. The Morgan fingerprint density at radius 2 is 0.900 bits per heavy atom. The lowest BCUT2D eigenvalue weighted by Crippen LogP contribution is -2.31. The highest BCUT2D eigenvalue weighted by Gasteiger charge is 2.11. The van der Waals surface area contributed by atoms with Crippen molar-refractivity contribution in [1.82, 2.24) is 0 Å². The molecule has 154 valence electrons. The quantitative estimate of drug-likeness (QED) is 0.245. The maximum Gasteiger partial charge on any atom is 0.359 e. The second kappa shape index (κ2) is 11.7. The molecule has 0 saturated heterocycles. The predicted octanol–water partition coefficient (Wildman–Crippen LogP) is 7.70. The SMILES string of the molecule is CC.CC.C[n+]1ccc(-c2cc(-c3ccccc3)cc(-c3ccccc3)c2)cc1F. The monoisotopic (exact) mass is 400 g/mol. The summed E-state index contributed by atoms with van der Waals surface area (Å²) in [6.07, 6.45) is 1.75. The molecule has 2 heteroatoms. The smallest absolute Gasteiger partial charge is 0.176 e. The molecular weight excluding hydrogens is 369 g/mol. The predicted molar refractivity (Wildman–Crippen MR) is 127 cm³/mol. The topological polar surface area (TPSA) is 3.88 Å². The molecule has 1 nitrogen and oxygen atoms in total. The first kappa shape index (κ1) is 23.0. The summed E-state index contributed by atoms with van der Waals surface area (Å²) in [6, 6.07) is 30.5. The van der Waals surface area contributed by atoms with E-state index < -0.39 is 0 Å². The Hall–Kier alpha value is -3.26. The molecule has 0 saturated carbocycles. The summed E-state index contributed by atoms with van der Waals surface area (Å²) >= 11 is 0. The second-order valence-electron chi connectivity index (χ2n) is 6.38. The van der Waals surface area contributed by atoms with E-state index in [1.165, 1.54) is 4.57 Å². The largest absolute Gasteiger partial charge is 0.359 e. The molecule has 30 heavy (non-hydrogen) atoms. The second-order valence-corrected chi connectivity index (χ2v) is 6.38. The third-order valence-electron chi connectivity index (χ3n) is 4.57. The molecule has 4 rings (SSSR count). The number of hydrogen-bond donors (Lipinski definition) is 0. The lowest BCUT2D eigenvalue weighted by Gasteiger charge is -2.11. The van der Waals surface area contributed by atoms with E-state index in [1.54, 1.807) is 19.3 Å². The van der Waals surface area contributed by atoms with Gasteiger partial charge in [-0.2, -0.15) is 4.57 Å². The van der Waals surface area contributed by atoms with Gasteiger partial charge in [0.2, 0.25) is 0 Å². The number of benzene rings is 3. The fraction of sp³-hybridized carbons (Fsp3) is 0.179. The third kappa shape index (κ3) is 5.64. The van der Waals surface area contributed by atoms with Crippen LogP contribution in [0.1, 0.15) is 27.7 Å². The van der Waals surface area contributed by atoms with Crippen LogP contribution in [-0.4, -0.2) is 0 Å². The van der Waals surface area contributed by atoms with Gasteiger partial charge in [0.25, 0.3) is 0 Å². The van der Waals surface area contributed by atoms with Crippen molar-refractivity contribution >= 4 is 0 Å². The molecule has 1 aromatic heterocycles. The van der Waals surface area contributed by atoms with E-state index in [-0.39, 0.29) is 5.95 Å². The lowest BCUT2D eigenvalue weighted by molar-refractivity contribution is -0.700. The summed E-state index contributed by atoms with van der Waals surface area (Å²) < 4.78 is 15.5. The maximum absolute atomic E-state index is 14.1. The minimum absolute atomic E-state index is 0.256. The Kier molecular flexibility index (Phi) is 8.96. The van der Waals surface area contributed by atoms with Crippen LogP contribution in [0.25, 0.3) is 33.4 Å². The summed E-state index contributed by atoms with van der Waals surface area (Å²) in [4.78, 5) is 0. The Balaban J connectivity index is 0.000000757. The molecule has 3 aromatic carbocycles. The first-order chi connectivity index (χ1) is 14.7. The lowest BCUT2D eigenvalue weighted by atomic mass is 9.94. The molecule has 0 unspecified atom stereocenters. The Bertz CT molecular complexity index is 983. The number of aromatic nitrogens is 1. The fourth-order valence-corrected chi connectivity index (χ4v) is 3.11. The number of rotatable bonds is 3. The zero-order valence-electron chi connectivity index (χ0n) is 18.6. The van der Waals surface area contributed by atoms with Gasteiger partial charge < -0.3 is 0 Å². The van der Waals surface area contributed by atoms with Crippen LogP contribution in [0.4, 0.5) is 4.39 Å². The van der Waals surface area contributed by atoms with Gasteiger partial charge in [0.15, 0.2) is 6.20 Å². The van der Waals surface area contributed by atoms with Gasteiger partial charge in [-0.1, -0.05) is 88.4 Å². The Labute approximate surface area is 180 Å². The van der Waals surface area contributed by atoms with E-state index in [9.17, 15) is 4.39 Å². The number of pyridine rings is 1. The van der Waals surface area contributed by atoms with Gasteiger partial charge in [0, 0.05) is 12.1 Å². The average molecular weight is 401 g/mol. The number of halogens is 1. The highest BCUT2D eigenvalue weighted by molar-refractivity contribution is 5.80. The van der Waals surface area contributed by atoms with Crippen LogP contribution in [0, 0.1) is 5.95 Å². The summed E-state index contributed by atoms with van der Waals surface area (Å²) in [5.41, 5.74) is 6.41. The van der Waals surface area contributed by atoms with E-state index in [4.69, 9.17) is 0 Å². The molecular formula is C28H31FN+. The van der Waals surface area contributed by atoms with Crippen LogP contribution in [0.15, 0.2) is 97.2 Å². The first-order valence-corrected chi connectivity index (χ1v) is 10.6. The van der Waals surface area contributed by atoms with Crippen molar-refractivity contribution in [3.8, 4) is 33.4 Å². The molecule has 4 aromatic rings. The summed E-state index contributed by atoms with van der Waals surface area (Å²) in [5.74, 6) is -0.256. The zero-order valence-corrected chi connectivity index (χ0v) is 18.6. The highest BCUT2D eigenvalue weighted by Crippen LogP contribution is 2.32. The minimum atomic E-state index is -0.256. The van der Waals surface area contributed by atoms with E-state index in [0.29, 0.717) is 0 Å². The Morgan fingerprint density at radius 1 is 0.500 bits per heavy atom. The van der Waals surface area contributed by atoms with E-state index in [2.05, 4.69) is 42.5 Å². The standard InChI is InChI=1S/C24H19FN.2C2H6/c1-26-13-12-20(17-24(26)25)23-15-21(18-8-4-2-5-9-18)14-22(16-23)19-10-6-3-7-11-19;2*1-2/h2-17H,1H3;2*1-2H3/q+1;;. The van der Waals surface area contributed by atoms with Crippen LogP contribution in [0.2, 0.25) is 0 Å². The summed E-state index contributed by atoms with van der Waals surface area (Å²) in [5, 5.41) is 0. The average Bonchev–Trinajstić information content (AvgIpc) is 2.84. The normalized spacial score (nSPS) is 9.67. The molecule has 0 fully saturated rings. The fourth-order valence-electron chi connectivity index (χ4n) is 3.11. The van der Waals surface area contributed by atoms with Gasteiger partial charge in [-0.15, -0.1) is 4.39 Å². The highest BCUT2D eigenvalue weighted by atomic mass is 19.1. The summed E-state index contributed by atoms with van der Waals surface area (Å²) in [6.45, 7) is 8.00. The maximum atomic E-state index is 14.1. The zero-order chi connectivity index (χ0) is 21.9. The number of aryl methyl sites for hydroxylation is 1. The van der Waals surface area contributed by atoms with Crippen molar-refractivity contribution in [2.75, 3.05) is 0 Å².